The third-order valence-electron chi connectivity index (χ3n) is 2.10. The Morgan fingerprint density at radius 2 is 1.93 bits per heavy atom. The maximum Gasteiger partial charge on any atom is 0.235 e. The molecular formula is C12H17NOS. The number of benzene rings is 1. The van der Waals surface area contributed by atoms with Crippen molar-refractivity contribution in [1.82, 2.24) is 5.32 Å². The molecule has 0 radical (unpaired) electrons. The lowest BCUT2D eigenvalue weighted by Crippen LogP contribution is -2.38. The lowest BCUT2D eigenvalue weighted by Gasteiger charge is -2.16. The number of rotatable bonds is 4. The van der Waals surface area contributed by atoms with Crippen LogP contribution in [0.1, 0.15) is 19.4 Å². The van der Waals surface area contributed by atoms with Crippen LogP contribution >= 0.6 is 12.6 Å². The predicted octanol–water partition coefficient (Wildman–Crippen LogP) is 2.05. The van der Waals surface area contributed by atoms with Gasteiger partial charge in [-0.2, -0.15) is 12.6 Å². The van der Waals surface area contributed by atoms with Crippen molar-refractivity contribution in [2.24, 2.45) is 0 Å². The Bertz CT molecular complexity index is 316. The largest absolute Gasteiger partial charge is 0.355 e. The fourth-order valence-corrected chi connectivity index (χ4v) is 1.26. The van der Waals surface area contributed by atoms with Gasteiger partial charge in [0.25, 0.3) is 0 Å². The molecule has 0 aliphatic rings. The van der Waals surface area contributed by atoms with E-state index in [0.29, 0.717) is 6.54 Å². The van der Waals surface area contributed by atoms with E-state index in [0.717, 1.165) is 6.42 Å². The molecule has 1 rings (SSSR count). The van der Waals surface area contributed by atoms with E-state index in [1.54, 1.807) is 13.8 Å². The highest BCUT2D eigenvalue weighted by molar-refractivity contribution is 7.82. The first kappa shape index (κ1) is 12.1. The van der Waals surface area contributed by atoms with Gasteiger partial charge in [0.2, 0.25) is 5.91 Å². The van der Waals surface area contributed by atoms with E-state index >= 15 is 0 Å². The molecule has 0 saturated carbocycles. The second kappa shape index (κ2) is 5.21. The third kappa shape index (κ3) is 4.38. The zero-order valence-electron chi connectivity index (χ0n) is 9.16. The first-order valence-electron chi connectivity index (χ1n) is 5.05. The van der Waals surface area contributed by atoms with Crippen LogP contribution in [0, 0.1) is 0 Å². The van der Waals surface area contributed by atoms with Crippen LogP contribution in [0.25, 0.3) is 0 Å². The Morgan fingerprint density at radius 1 is 1.33 bits per heavy atom. The van der Waals surface area contributed by atoms with Gasteiger partial charge in [-0.3, -0.25) is 4.79 Å². The van der Waals surface area contributed by atoms with Gasteiger partial charge in [-0.25, -0.2) is 0 Å². The number of nitrogens with one attached hydrogen (secondary N) is 1. The number of hydrogen-bond acceptors (Lipinski definition) is 2. The summed E-state index contributed by atoms with van der Waals surface area (Å²) in [6.45, 7) is 4.23. The summed E-state index contributed by atoms with van der Waals surface area (Å²) in [5.74, 6) is -0.0261. The monoisotopic (exact) mass is 223 g/mol. The number of carbonyl (C=O) groups is 1. The predicted molar refractivity (Wildman–Crippen MR) is 66.2 cm³/mol. The summed E-state index contributed by atoms with van der Waals surface area (Å²) >= 11 is 4.20. The molecule has 0 aliphatic heterocycles. The maximum atomic E-state index is 11.5. The molecule has 3 heteroatoms. The van der Waals surface area contributed by atoms with Crippen LogP contribution in [0.15, 0.2) is 30.3 Å². The smallest absolute Gasteiger partial charge is 0.235 e. The van der Waals surface area contributed by atoms with Crippen molar-refractivity contribution in [2.45, 2.75) is 25.0 Å². The van der Waals surface area contributed by atoms with E-state index in [9.17, 15) is 4.79 Å². The van der Waals surface area contributed by atoms with Gasteiger partial charge in [-0.1, -0.05) is 30.3 Å². The summed E-state index contributed by atoms with van der Waals surface area (Å²) < 4.78 is -0.601. The first-order chi connectivity index (χ1) is 7.00. The molecule has 1 amide bonds. The molecule has 0 fully saturated rings. The summed E-state index contributed by atoms with van der Waals surface area (Å²) in [5, 5.41) is 2.86. The molecule has 1 aromatic rings. The summed E-state index contributed by atoms with van der Waals surface area (Å²) in [6, 6.07) is 10.1. The highest BCUT2D eigenvalue weighted by Gasteiger charge is 2.21. The van der Waals surface area contributed by atoms with Gasteiger partial charge in [-0.15, -0.1) is 0 Å². The Hall–Kier alpha value is -0.960. The molecule has 1 aromatic carbocycles. The molecule has 0 bridgehead atoms. The first-order valence-corrected chi connectivity index (χ1v) is 5.49. The number of hydrogen-bond donors (Lipinski definition) is 2. The van der Waals surface area contributed by atoms with Crippen molar-refractivity contribution in [2.75, 3.05) is 6.54 Å². The molecule has 82 valence electrons. The van der Waals surface area contributed by atoms with Gasteiger partial charge >= 0.3 is 0 Å². The van der Waals surface area contributed by atoms with E-state index in [2.05, 4.69) is 30.1 Å². The number of carbonyl (C=O) groups excluding carboxylic acids is 1. The summed E-state index contributed by atoms with van der Waals surface area (Å²) in [6.07, 6.45) is 0.858. The molecule has 0 aliphatic carbocycles. The quantitative estimate of drug-likeness (QED) is 0.752. The molecule has 0 unspecified atom stereocenters. The highest BCUT2D eigenvalue weighted by atomic mass is 32.1. The minimum Gasteiger partial charge on any atom is -0.355 e. The normalized spacial score (nSPS) is 11.1. The van der Waals surface area contributed by atoms with Crippen LogP contribution in [-0.4, -0.2) is 17.2 Å². The fourth-order valence-electron chi connectivity index (χ4n) is 1.18. The molecule has 15 heavy (non-hydrogen) atoms. The van der Waals surface area contributed by atoms with Crippen molar-refractivity contribution in [3.8, 4) is 0 Å². The van der Waals surface area contributed by atoms with Gasteiger partial charge in [-0.05, 0) is 25.8 Å². The van der Waals surface area contributed by atoms with Crippen LogP contribution in [-0.2, 0) is 11.2 Å². The second-order valence-electron chi connectivity index (χ2n) is 4.05. The van der Waals surface area contributed by atoms with E-state index < -0.39 is 4.75 Å². The Labute approximate surface area is 96.5 Å². The Kier molecular flexibility index (Phi) is 4.21. The van der Waals surface area contributed by atoms with Gasteiger partial charge in [0.05, 0.1) is 4.75 Å². The second-order valence-corrected chi connectivity index (χ2v) is 5.17. The lowest BCUT2D eigenvalue weighted by atomic mass is 10.1. The van der Waals surface area contributed by atoms with Crippen LogP contribution in [0.2, 0.25) is 0 Å². The van der Waals surface area contributed by atoms with Gasteiger partial charge < -0.3 is 5.32 Å². The van der Waals surface area contributed by atoms with E-state index in [-0.39, 0.29) is 5.91 Å². The molecule has 0 saturated heterocycles. The lowest BCUT2D eigenvalue weighted by molar-refractivity contribution is -0.122. The van der Waals surface area contributed by atoms with Crippen LogP contribution < -0.4 is 5.32 Å². The van der Waals surface area contributed by atoms with Gasteiger partial charge in [0.15, 0.2) is 0 Å². The van der Waals surface area contributed by atoms with Crippen molar-refractivity contribution >= 4 is 18.5 Å². The SMILES string of the molecule is CC(C)(S)C(=O)NCCc1ccccc1. The van der Waals surface area contributed by atoms with Crippen LogP contribution in [0.3, 0.4) is 0 Å². The average molecular weight is 223 g/mol. The van der Waals surface area contributed by atoms with E-state index in [1.165, 1.54) is 5.56 Å². The third-order valence-corrected chi connectivity index (χ3v) is 2.30. The van der Waals surface area contributed by atoms with E-state index in [4.69, 9.17) is 0 Å². The zero-order chi connectivity index (χ0) is 11.3. The number of thiol groups is 1. The molecule has 0 aromatic heterocycles. The van der Waals surface area contributed by atoms with Gasteiger partial charge in [0, 0.05) is 6.54 Å². The summed E-state index contributed by atoms with van der Waals surface area (Å²) in [4.78, 5) is 11.5. The average Bonchev–Trinajstić information content (AvgIpc) is 2.18. The van der Waals surface area contributed by atoms with Crippen LogP contribution in [0.5, 0.6) is 0 Å². The Balaban J connectivity index is 2.32. The number of amides is 1. The summed E-state index contributed by atoms with van der Waals surface area (Å²) in [5.41, 5.74) is 1.23. The molecule has 0 heterocycles. The fraction of sp³-hybridized carbons (Fsp3) is 0.417. The van der Waals surface area contributed by atoms with Crippen molar-refractivity contribution < 1.29 is 4.79 Å². The van der Waals surface area contributed by atoms with Crippen LogP contribution in [0.4, 0.5) is 0 Å². The standard InChI is InChI=1S/C12H17NOS/c1-12(2,15)11(14)13-9-8-10-6-4-3-5-7-10/h3-7,15H,8-9H2,1-2H3,(H,13,14). The van der Waals surface area contributed by atoms with E-state index in [1.807, 2.05) is 18.2 Å². The van der Waals surface area contributed by atoms with Gasteiger partial charge in [0.1, 0.15) is 0 Å². The topological polar surface area (TPSA) is 29.1 Å². The van der Waals surface area contributed by atoms with Crippen molar-refractivity contribution in [3.63, 3.8) is 0 Å². The minimum absolute atomic E-state index is 0.0261. The van der Waals surface area contributed by atoms with Crippen molar-refractivity contribution in [3.05, 3.63) is 35.9 Å². The Morgan fingerprint density at radius 3 is 2.47 bits per heavy atom. The summed E-state index contributed by atoms with van der Waals surface area (Å²) in [7, 11) is 0. The molecule has 1 N–H and O–H groups in total. The van der Waals surface area contributed by atoms with Crippen molar-refractivity contribution in [1.29, 1.82) is 0 Å². The minimum atomic E-state index is -0.601. The maximum absolute atomic E-state index is 11.5. The zero-order valence-corrected chi connectivity index (χ0v) is 10.1. The molecule has 0 spiro atoms. The molecule has 2 nitrogen and oxygen atoms in total. The molecular weight excluding hydrogens is 206 g/mol. The molecule has 0 atom stereocenters. The highest BCUT2D eigenvalue weighted by Crippen LogP contribution is 2.11.